The van der Waals surface area contributed by atoms with Crippen molar-refractivity contribution in [3.05, 3.63) is 11.8 Å². The van der Waals surface area contributed by atoms with Crippen molar-refractivity contribution in [3.8, 4) is 0 Å². The van der Waals surface area contributed by atoms with Crippen molar-refractivity contribution >= 4 is 11.7 Å². The summed E-state index contributed by atoms with van der Waals surface area (Å²) in [7, 11) is 1.34. The van der Waals surface area contributed by atoms with E-state index in [1.807, 2.05) is 0 Å². The van der Waals surface area contributed by atoms with Crippen LogP contribution in [0.15, 0.2) is 6.20 Å². The van der Waals surface area contributed by atoms with Gasteiger partial charge in [-0.1, -0.05) is 0 Å². The normalized spacial score (nSPS) is 11.4. The summed E-state index contributed by atoms with van der Waals surface area (Å²) in [6.07, 6.45) is -4.12. The molecule has 0 radical (unpaired) electrons. The second kappa shape index (κ2) is 3.20. The molecule has 0 aliphatic heterocycles. The summed E-state index contributed by atoms with van der Waals surface area (Å²) in [6.45, 7) is 0. The molecule has 0 aromatic carbocycles. The first kappa shape index (κ1) is 10.4. The van der Waals surface area contributed by atoms with Crippen LogP contribution in [-0.2, 0) is 6.30 Å². The fourth-order valence-electron chi connectivity index (χ4n) is 0.869. The smallest absolute Gasteiger partial charge is 0.371 e. The first-order valence-corrected chi connectivity index (χ1v) is 3.50. The van der Waals surface area contributed by atoms with E-state index in [9.17, 15) is 18.0 Å². The van der Waals surface area contributed by atoms with Crippen LogP contribution in [0.3, 0.4) is 0 Å². The third-order valence-corrected chi connectivity index (χ3v) is 1.48. The molecular formula is C6H7F3N4O. The van der Waals surface area contributed by atoms with Gasteiger partial charge in [-0.3, -0.25) is 4.79 Å². The van der Waals surface area contributed by atoms with E-state index in [1.165, 1.54) is 7.05 Å². The zero-order chi connectivity index (χ0) is 10.9. The van der Waals surface area contributed by atoms with Gasteiger partial charge in [0.05, 0.1) is 0 Å². The maximum atomic E-state index is 12.1. The summed E-state index contributed by atoms with van der Waals surface area (Å²) in [5.41, 5.74) is 4.55. The number of anilines is 1. The van der Waals surface area contributed by atoms with Crippen LogP contribution in [0.2, 0.25) is 0 Å². The van der Waals surface area contributed by atoms with Crippen LogP contribution in [0.4, 0.5) is 19.0 Å². The summed E-state index contributed by atoms with van der Waals surface area (Å²) in [4.78, 5) is 10.7. The van der Waals surface area contributed by atoms with Crippen LogP contribution >= 0.6 is 0 Å². The van der Waals surface area contributed by atoms with Crippen molar-refractivity contribution < 1.29 is 18.0 Å². The Kier molecular flexibility index (Phi) is 2.37. The summed E-state index contributed by atoms with van der Waals surface area (Å²) in [5.74, 6) is -1.17. The Balaban J connectivity index is 3.20. The molecule has 8 heteroatoms. The van der Waals surface area contributed by atoms with Gasteiger partial charge in [0.2, 0.25) is 0 Å². The lowest BCUT2D eigenvalue weighted by atomic mass is 10.3. The average Bonchev–Trinajstić information content (AvgIpc) is 2.45. The maximum absolute atomic E-state index is 12.1. The molecule has 0 saturated carbocycles. The number of rotatable bonds is 2. The number of primary amides is 1. The fourth-order valence-corrected chi connectivity index (χ4v) is 0.869. The molecule has 0 atom stereocenters. The molecule has 1 aromatic rings. The van der Waals surface area contributed by atoms with Crippen molar-refractivity contribution in [2.45, 2.75) is 6.30 Å². The molecule has 0 spiro atoms. The molecule has 0 bridgehead atoms. The van der Waals surface area contributed by atoms with Gasteiger partial charge < -0.3 is 11.1 Å². The molecule has 5 nitrogen and oxygen atoms in total. The second-order valence-electron chi connectivity index (χ2n) is 2.42. The first-order valence-electron chi connectivity index (χ1n) is 3.50. The van der Waals surface area contributed by atoms with E-state index in [4.69, 9.17) is 5.73 Å². The Hall–Kier alpha value is -1.73. The molecule has 78 valence electrons. The number of amides is 1. The van der Waals surface area contributed by atoms with E-state index in [1.54, 1.807) is 0 Å². The van der Waals surface area contributed by atoms with Crippen LogP contribution in [0.1, 0.15) is 10.4 Å². The molecule has 0 aliphatic carbocycles. The number of halogens is 3. The summed E-state index contributed by atoms with van der Waals surface area (Å²) in [5, 5.41) is 5.44. The highest BCUT2D eigenvalue weighted by molar-refractivity contribution is 5.97. The lowest BCUT2D eigenvalue weighted by Crippen LogP contribution is -2.17. The zero-order valence-electron chi connectivity index (χ0n) is 7.09. The van der Waals surface area contributed by atoms with Gasteiger partial charge in [-0.25, -0.2) is 0 Å². The average molecular weight is 208 g/mol. The quantitative estimate of drug-likeness (QED) is 0.743. The van der Waals surface area contributed by atoms with Crippen molar-refractivity contribution in [3.63, 3.8) is 0 Å². The predicted molar refractivity (Wildman–Crippen MR) is 41.6 cm³/mol. The molecular weight excluding hydrogens is 201 g/mol. The van der Waals surface area contributed by atoms with E-state index in [0.29, 0.717) is 6.20 Å². The van der Waals surface area contributed by atoms with Crippen molar-refractivity contribution in [2.75, 3.05) is 12.4 Å². The van der Waals surface area contributed by atoms with Gasteiger partial charge in [-0.2, -0.15) is 4.68 Å². The molecule has 1 aromatic heterocycles. The minimum absolute atomic E-state index is 0.199. The Bertz CT molecular complexity index is 356. The van der Waals surface area contributed by atoms with Crippen LogP contribution in [0, 0.1) is 0 Å². The Morgan fingerprint density at radius 1 is 1.64 bits per heavy atom. The Labute approximate surface area is 76.7 Å². The van der Waals surface area contributed by atoms with Crippen LogP contribution in [0.5, 0.6) is 0 Å². The Morgan fingerprint density at radius 3 is 2.50 bits per heavy atom. The van der Waals surface area contributed by atoms with E-state index in [0.717, 1.165) is 0 Å². The number of nitrogens with one attached hydrogen (secondary N) is 1. The van der Waals surface area contributed by atoms with E-state index >= 15 is 0 Å². The lowest BCUT2D eigenvalue weighted by Gasteiger charge is -2.03. The molecule has 3 N–H and O–H groups in total. The van der Waals surface area contributed by atoms with E-state index in [2.05, 4.69) is 10.4 Å². The molecule has 0 aliphatic rings. The van der Waals surface area contributed by atoms with Gasteiger partial charge in [-0.15, -0.1) is 18.3 Å². The van der Waals surface area contributed by atoms with Gasteiger partial charge in [-0.05, 0) is 0 Å². The summed E-state index contributed by atoms with van der Waals surface area (Å²) in [6, 6.07) is 0. The number of alkyl halides is 3. The predicted octanol–water partition coefficient (Wildman–Crippen LogP) is 0.500. The number of nitrogens with zero attached hydrogens (tertiary/aromatic N) is 2. The molecule has 0 unspecified atom stereocenters. The molecule has 1 amide bonds. The third-order valence-electron chi connectivity index (χ3n) is 1.48. The van der Waals surface area contributed by atoms with Crippen LogP contribution < -0.4 is 11.1 Å². The van der Waals surface area contributed by atoms with Crippen molar-refractivity contribution in [1.82, 2.24) is 9.78 Å². The number of carbonyl (C=O) groups excluding carboxylic acids is 1. The second-order valence-corrected chi connectivity index (χ2v) is 2.42. The summed E-state index contributed by atoms with van der Waals surface area (Å²) < 4.78 is 36.0. The van der Waals surface area contributed by atoms with Gasteiger partial charge in [0, 0.05) is 13.2 Å². The van der Waals surface area contributed by atoms with Crippen molar-refractivity contribution in [1.29, 1.82) is 0 Å². The third kappa shape index (κ3) is 1.78. The Morgan fingerprint density at radius 2 is 2.21 bits per heavy atom. The molecule has 1 heterocycles. The van der Waals surface area contributed by atoms with E-state index in [-0.39, 0.29) is 16.1 Å². The lowest BCUT2D eigenvalue weighted by molar-refractivity contribution is -0.212. The van der Waals surface area contributed by atoms with Crippen molar-refractivity contribution in [2.24, 2.45) is 5.73 Å². The monoisotopic (exact) mass is 208 g/mol. The fraction of sp³-hybridized carbons (Fsp3) is 0.333. The maximum Gasteiger partial charge on any atom is 0.504 e. The number of hydrogen-bond donors (Lipinski definition) is 2. The zero-order valence-corrected chi connectivity index (χ0v) is 7.09. The van der Waals surface area contributed by atoms with Gasteiger partial charge in [0.15, 0.2) is 5.82 Å². The minimum atomic E-state index is -4.65. The first-order chi connectivity index (χ1) is 6.36. The number of aromatic nitrogens is 2. The SMILES string of the molecule is CNc1nn(C(F)(F)F)cc1C(N)=O. The highest BCUT2D eigenvalue weighted by Crippen LogP contribution is 2.24. The number of nitrogens with two attached hydrogens (primary N) is 1. The minimum Gasteiger partial charge on any atom is -0.371 e. The molecule has 1 rings (SSSR count). The highest BCUT2D eigenvalue weighted by atomic mass is 19.4. The van der Waals surface area contributed by atoms with Gasteiger partial charge in [0.25, 0.3) is 5.91 Å². The van der Waals surface area contributed by atoms with Crippen LogP contribution in [-0.4, -0.2) is 22.7 Å². The molecule has 0 fully saturated rings. The molecule has 0 saturated heterocycles. The number of hydrogen-bond acceptors (Lipinski definition) is 3. The van der Waals surface area contributed by atoms with Crippen LogP contribution in [0.25, 0.3) is 0 Å². The largest absolute Gasteiger partial charge is 0.504 e. The number of carbonyl (C=O) groups is 1. The highest BCUT2D eigenvalue weighted by Gasteiger charge is 2.33. The summed E-state index contributed by atoms with van der Waals surface area (Å²) >= 11 is 0. The topological polar surface area (TPSA) is 72.9 Å². The van der Waals surface area contributed by atoms with E-state index < -0.39 is 12.2 Å². The van der Waals surface area contributed by atoms with Gasteiger partial charge in [0.1, 0.15) is 5.56 Å². The molecule has 14 heavy (non-hydrogen) atoms. The van der Waals surface area contributed by atoms with Gasteiger partial charge >= 0.3 is 6.30 Å². The standard InChI is InChI=1S/C6H7F3N4O/c1-11-5-3(4(10)14)2-13(12-5)6(7,8)9/h2H,1H3,(H2,10,14)(H,11,12).